The minimum atomic E-state index is -0.540. The molecule has 0 spiro atoms. The van der Waals surface area contributed by atoms with Crippen molar-refractivity contribution in [2.75, 3.05) is 25.0 Å². The number of carbonyl (C=O) groups excluding carboxylic acids is 1. The van der Waals surface area contributed by atoms with Gasteiger partial charge in [0.1, 0.15) is 6.10 Å². The van der Waals surface area contributed by atoms with Crippen LogP contribution in [0.25, 0.3) is 0 Å². The summed E-state index contributed by atoms with van der Waals surface area (Å²) in [6, 6.07) is 3.04. The van der Waals surface area contributed by atoms with E-state index in [1.54, 1.807) is 0 Å². The van der Waals surface area contributed by atoms with Crippen LogP contribution in [0.4, 0.5) is 5.69 Å². The first-order valence-corrected chi connectivity index (χ1v) is 6.49. The predicted molar refractivity (Wildman–Crippen MR) is 72.7 cm³/mol. The van der Waals surface area contributed by atoms with Gasteiger partial charge in [0.05, 0.1) is 22.3 Å². The summed E-state index contributed by atoms with van der Waals surface area (Å²) in [6.07, 6.45) is -0.540. The maximum Gasteiger partial charge on any atom is 0.254 e. The van der Waals surface area contributed by atoms with Crippen LogP contribution < -0.4 is 10.6 Å². The van der Waals surface area contributed by atoms with Gasteiger partial charge in [-0.1, -0.05) is 34.8 Å². The Morgan fingerprint density at radius 1 is 1.33 bits per heavy atom. The van der Waals surface area contributed by atoms with Crippen LogP contribution in [-0.2, 0) is 9.53 Å². The van der Waals surface area contributed by atoms with E-state index in [9.17, 15) is 4.79 Å². The average Bonchev–Trinajstić information content (AvgIpc) is 2.34. The average molecular weight is 310 g/mol. The molecule has 1 aliphatic heterocycles. The van der Waals surface area contributed by atoms with Crippen molar-refractivity contribution in [3.8, 4) is 0 Å². The highest BCUT2D eigenvalue weighted by Crippen LogP contribution is 2.33. The third-order valence-corrected chi connectivity index (χ3v) is 3.29. The zero-order valence-corrected chi connectivity index (χ0v) is 11.6. The van der Waals surface area contributed by atoms with Crippen molar-refractivity contribution in [1.82, 2.24) is 5.32 Å². The van der Waals surface area contributed by atoms with Crippen LogP contribution in [-0.4, -0.2) is 31.7 Å². The second-order valence-corrected chi connectivity index (χ2v) is 5.05. The second-order valence-electron chi connectivity index (χ2n) is 3.80. The van der Waals surface area contributed by atoms with Crippen molar-refractivity contribution >= 4 is 46.4 Å². The fraction of sp³-hybridized carbons (Fsp3) is 0.364. The molecule has 2 N–H and O–H groups in total. The van der Waals surface area contributed by atoms with Crippen LogP contribution in [0.1, 0.15) is 0 Å². The van der Waals surface area contributed by atoms with Gasteiger partial charge >= 0.3 is 0 Å². The number of anilines is 1. The summed E-state index contributed by atoms with van der Waals surface area (Å²) in [7, 11) is 0. The van der Waals surface area contributed by atoms with Crippen molar-refractivity contribution in [1.29, 1.82) is 0 Å². The molecule has 1 saturated heterocycles. The predicted octanol–water partition coefficient (Wildman–Crippen LogP) is 2.57. The number of ether oxygens (including phenoxy) is 1. The van der Waals surface area contributed by atoms with E-state index in [0.29, 0.717) is 33.9 Å². The molecule has 1 unspecified atom stereocenters. The van der Waals surface area contributed by atoms with E-state index >= 15 is 0 Å². The lowest BCUT2D eigenvalue weighted by Gasteiger charge is -2.23. The summed E-state index contributed by atoms with van der Waals surface area (Å²) >= 11 is 17.7. The Balaban J connectivity index is 2.11. The van der Waals surface area contributed by atoms with Gasteiger partial charge in [-0.15, -0.1) is 0 Å². The Labute approximate surface area is 120 Å². The number of hydrogen-bond acceptors (Lipinski definition) is 3. The van der Waals surface area contributed by atoms with Crippen molar-refractivity contribution < 1.29 is 9.53 Å². The van der Waals surface area contributed by atoms with Gasteiger partial charge < -0.3 is 15.4 Å². The first-order chi connectivity index (χ1) is 8.58. The monoisotopic (exact) mass is 308 g/mol. The molecule has 98 valence electrons. The molecule has 1 fully saturated rings. The molecule has 4 nitrogen and oxygen atoms in total. The first-order valence-electron chi connectivity index (χ1n) is 5.35. The molecule has 2 rings (SSSR count). The Kier molecular flexibility index (Phi) is 4.70. The van der Waals surface area contributed by atoms with Gasteiger partial charge in [-0.25, -0.2) is 0 Å². The van der Waals surface area contributed by atoms with Gasteiger partial charge in [-0.2, -0.15) is 0 Å². The van der Waals surface area contributed by atoms with Gasteiger partial charge in [0.15, 0.2) is 0 Å². The molecule has 1 amide bonds. The second kappa shape index (κ2) is 6.08. The number of amides is 1. The number of hydrogen-bond donors (Lipinski definition) is 2. The molecule has 1 aromatic carbocycles. The van der Waals surface area contributed by atoms with Gasteiger partial charge in [0, 0.05) is 18.1 Å². The Bertz CT molecular complexity index is 439. The minimum absolute atomic E-state index is 0.284. The Morgan fingerprint density at radius 2 is 2.00 bits per heavy atom. The van der Waals surface area contributed by atoms with Crippen molar-refractivity contribution in [2.45, 2.75) is 6.10 Å². The van der Waals surface area contributed by atoms with Gasteiger partial charge in [-0.05, 0) is 12.1 Å². The number of rotatable bonds is 2. The van der Waals surface area contributed by atoms with E-state index in [1.165, 1.54) is 12.1 Å². The van der Waals surface area contributed by atoms with Gasteiger partial charge in [-0.3, -0.25) is 4.79 Å². The number of nitrogens with one attached hydrogen (secondary N) is 2. The van der Waals surface area contributed by atoms with E-state index in [0.717, 1.165) is 6.54 Å². The molecule has 18 heavy (non-hydrogen) atoms. The molecule has 0 aliphatic carbocycles. The molecule has 1 atom stereocenters. The molecule has 0 saturated carbocycles. The van der Waals surface area contributed by atoms with E-state index in [-0.39, 0.29) is 5.91 Å². The quantitative estimate of drug-likeness (QED) is 0.883. The highest BCUT2D eigenvalue weighted by Gasteiger charge is 2.23. The van der Waals surface area contributed by atoms with Crippen LogP contribution in [0.15, 0.2) is 12.1 Å². The zero-order chi connectivity index (χ0) is 13.1. The van der Waals surface area contributed by atoms with Gasteiger partial charge in [0.25, 0.3) is 5.91 Å². The SMILES string of the molecule is O=C(Nc1c(Cl)cc(Cl)cc1Cl)C1CNCCO1. The normalized spacial score (nSPS) is 19.6. The smallest absolute Gasteiger partial charge is 0.254 e. The summed E-state index contributed by atoms with van der Waals surface area (Å²) < 4.78 is 5.33. The lowest BCUT2D eigenvalue weighted by Crippen LogP contribution is -2.45. The van der Waals surface area contributed by atoms with E-state index < -0.39 is 6.10 Å². The third-order valence-electron chi connectivity index (χ3n) is 2.48. The number of morpholine rings is 1. The molecule has 1 aromatic rings. The molecule has 7 heteroatoms. The number of halogens is 3. The largest absolute Gasteiger partial charge is 0.366 e. The molecule has 1 aliphatic rings. The summed E-state index contributed by atoms with van der Waals surface area (Å²) in [5, 5.41) is 6.72. The number of carbonyl (C=O) groups is 1. The van der Waals surface area contributed by atoms with Crippen LogP contribution in [0.3, 0.4) is 0 Å². The Hall–Kier alpha value is -0.520. The lowest BCUT2D eigenvalue weighted by atomic mass is 10.2. The topological polar surface area (TPSA) is 50.4 Å². The van der Waals surface area contributed by atoms with E-state index in [4.69, 9.17) is 39.5 Å². The summed E-state index contributed by atoms with van der Waals surface area (Å²) in [5.74, 6) is -0.284. The van der Waals surface area contributed by atoms with Crippen LogP contribution >= 0.6 is 34.8 Å². The highest BCUT2D eigenvalue weighted by molar-refractivity contribution is 6.42. The first kappa shape index (κ1) is 13.9. The zero-order valence-electron chi connectivity index (χ0n) is 9.30. The maximum absolute atomic E-state index is 11.9. The van der Waals surface area contributed by atoms with E-state index in [1.807, 2.05) is 0 Å². The maximum atomic E-state index is 11.9. The van der Waals surface area contributed by atoms with Gasteiger partial charge in [0.2, 0.25) is 0 Å². The molecule has 1 heterocycles. The number of benzene rings is 1. The summed E-state index contributed by atoms with van der Waals surface area (Å²) in [5.41, 5.74) is 0.349. The van der Waals surface area contributed by atoms with Crippen molar-refractivity contribution in [3.05, 3.63) is 27.2 Å². The summed E-state index contributed by atoms with van der Waals surface area (Å²) in [6.45, 7) is 1.71. The molecule has 0 aromatic heterocycles. The molecule has 0 bridgehead atoms. The molecular weight excluding hydrogens is 298 g/mol. The fourth-order valence-electron chi connectivity index (χ4n) is 1.60. The minimum Gasteiger partial charge on any atom is -0.366 e. The standard InChI is InChI=1S/C11H11Cl3N2O2/c12-6-3-7(13)10(8(14)4-6)16-11(17)9-5-15-1-2-18-9/h3-4,9,15H,1-2,5H2,(H,16,17). The van der Waals surface area contributed by atoms with E-state index in [2.05, 4.69) is 10.6 Å². The Morgan fingerprint density at radius 3 is 2.56 bits per heavy atom. The summed E-state index contributed by atoms with van der Waals surface area (Å²) in [4.78, 5) is 11.9. The van der Waals surface area contributed by atoms with Crippen LogP contribution in [0.2, 0.25) is 15.1 Å². The molecular formula is C11H11Cl3N2O2. The van der Waals surface area contributed by atoms with Crippen molar-refractivity contribution in [2.24, 2.45) is 0 Å². The molecule has 0 radical (unpaired) electrons. The van der Waals surface area contributed by atoms with Crippen LogP contribution in [0.5, 0.6) is 0 Å². The lowest BCUT2D eigenvalue weighted by molar-refractivity contribution is -0.128. The van der Waals surface area contributed by atoms with Crippen LogP contribution in [0, 0.1) is 0 Å². The fourth-order valence-corrected chi connectivity index (χ4v) is 2.51. The third kappa shape index (κ3) is 3.28. The van der Waals surface area contributed by atoms with Crippen molar-refractivity contribution in [3.63, 3.8) is 0 Å². The highest BCUT2D eigenvalue weighted by atomic mass is 35.5.